The van der Waals surface area contributed by atoms with Gasteiger partial charge in [0.15, 0.2) is 0 Å². The van der Waals surface area contributed by atoms with Gasteiger partial charge in [-0.15, -0.1) is 0 Å². The van der Waals surface area contributed by atoms with Crippen molar-refractivity contribution in [3.05, 3.63) is 35.5 Å². The average Bonchev–Trinajstić information content (AvgIpc) is 2.22. The third kappa shape index (κ3) is 1.68. The van der Waals surface area contributed by atoms with Gasteiger partial charge in [0.2, 0.25) is 0 Å². The van der Waals surface area contributed by atoms with Gasteiger partial charge in [-0.3, -0.25) is 0 Å². The Morgan fingerprint density at radius 1 is 1.12 bits per heavy atom. The summed E-state index contributed by atoms with van der Waals surface area (Å²) in [6.07, 6.45) is -4.41. The molecule has 0 spiro atoms. The van der Waals surface area contributed by atoms with Gasteiger partial charge in [-0.05, 0) is 30.7 Å². The zero-order valence-corrected chi connectivity index (χ0v) is 8.47. The molecule has 0 fully saturated rings. The normalized spacial score (nSPS) is 12.0. The molecule has 2 aromatic rings. The molecule has 0 radical (unpaired) electrons. The Bertz CT molecular complexity index is 547. The minimum absolute atomic E-state index is 0.307. The molecule has 0 aliphatic heterocycles. The van der Waals surface area contributed by atoms with Crippen molar-refractivity contribution in [1.82, 2.24) is 4.98 Å². The second-order valence-corrected chi connectivity index (χ2v) is 3.54. The molecule has 2 nitrogen and oxygen atoms in total. The molecule has 0 aliphatic rings. The van der Waals surface area contributed by atoms with Crippen LogP contribution in [0, 0.1) is 6.92 Å². The number of alkyl halides is 3. The van der Waals surface area contributed by atoms with Gasteiger partial charge >= 0.3 is 6.18 Å². The van der Waals surface area contributed by atoms with E-state index in [9.17, 15) is 13.2 Å². The van der Waals surface area contributed by atoms with Gasteiger partial charge in [0.05, 0.1) is 5.52 Å². The molecule has 16 heavy (non-hydrogen) atoms. The summed E-state index contributed by atoms with van der Waals surface area (Å²) >= 11 is 0. The van der Waals surface area contributed by atoms with Gasteiger partial charge in [-0.2, -0.15) is 13.2 Å². The van der Waals surface area contributed by atoms with Crippen molar-refractivity contribution < 1.29 is 13.2 Å². The molecule has 0 unspecified atom stereocenters. The molecule has 0 amide bonds. The zero-order valence-electron chi connectivity index (χ0n) is 8.47. The van der Waals surface area contributed by atoms with E-state index in [-0.39, 0.29) is 0 Å². The van der Waals surface area contributed by atoms with Gasteiger partial charge in [0, 0.05) is 11.1 Å². The predicted molar refractivity (Wildman–Crippen MR) is 55.9 cm³/mol. The van der Waals surface area contributed by atoms with Crippen LogP contribution < -0.4 is 5.73 Å². The van der Waals surface area contributed by atoms with Gasteiger partial charge in [0.25, 0.3) is 0 Å². The molecular formula is C11H9F3N2. The second-order valence-electron chi connectivity index (χ2n) is 3.54. The van der Waals surface area contributed by atoms with E-state index in [0.717, 1.165) is 11.6 Å². The molecule has 0 saturated carbocycles. The standard InChI is InChI=1S/C11H9F3N2/c1-6-7-2-5-10(11(12,13)14)16-9(7)4-3-8(6)15/h2-5H,15H2,1H3. The van der Waals surface area contributed by atoms with Gasteiger partial charge in [-0.25, -0.2) is 4.98 Å². The number of pyridine rings is 1. The number of benzene rings is 1. The van der Waals surface area contributed by atoms with E-state index in [4.69, 9.17) is 5.73 Å². The van der Waals surface area contributed by atoms with Crippen LogP contribution in [-0.4, -0.2) is 4.98 Å². The highest BCUT2D eigenvalue weighted by Gasteiger charge is 2.32. The Morgan fingerprint density at radius 2 is 1.81 bits per heavy atom. The van der Waals surface area contributed by atoms with Gasteiger partial charge < -0.3 is 5.73 Å². The monoisotopic (exact) mass is 226 g/mol. The number of fused-ring (bicyclic) bond motifs is 1. The van der Waals surface area contributed by atoms with E-state index in [1.165, 1.54) is 12.1 Å². The van der Waals surface area contributed by atoms with Gasteiger partial charge in [-0.1, -0.05) is 6.07 Å². The number of hydrogen-bond donors (Lipinski definition) is 1. The summed E-state index contributed by atoms with van der Waals surface area (Å²) in [5.41, 5.74) is 6.38. The fraction of sp³-hybridized carbons (Fsp3) is 0.182. The molecule has 2 rings (SSSR count). The Kier molecular flexibility index (Phi) is 2.26. The number of halogens is 3. The second kappa shape index (κ2) is 3.37. The van der Waals surface area contributed by atoms with E-state index in [1.807, 2.05) is 0 Å². The van der Waals surface area contributed by atoms with Crippen LogP contribution in [0.1, 0.15) is 11.3 Å². The first-order valence-electron chi connectivity index (χ1n) is 4.62. The molecular weight excluding hydrogens is 217 g/mol. The van der Waals surface area contributed by atoms with E-state index in [0.29, 0.717) is 16.6 Å². The van der Waals surface area contributed by atoms with Crippen molar-refractivity contribution in [2.45, 2.75) is 13.1 Å². The molecule has 0 bridgehead atoms. The Morgan fingerprint density at radius 3 is 2.44 bits per heavy atom. The number of hydrogen-bond acceptors (Lipinski definition) is 2. The molecule has 1 heterocycles. The number of aromatic nitrogens is 1. The predicted octanol–water partition coefficient (Wildman–Crippen LogP) is 3.14. The molecule has 1 aromatic heterocycles. The van der Waals surface area contributed by atoms with E-state index >= 15 is 0 Å². The number of nitrogen functional groups attached to an aromatic ring is 1. The van der Waals surface area contributed by atoms with E-state index < -0.39 is 11.9 Å². The summed E-state index contributed by atoms with van der Waals surface area (Å²) < 4.78 is 37.2. The summed E-state index contributed by atoms with van der Waals surface area (Å²) in [5.74, 6) is 0. The largest absolute Gasteiger partial charge is 0.433 e. The lowest BCUT2D eigenvalue weighted by molar-refractivity contribution is -0.140. The molecule has 0 saturated heterocycles. The van der Waals surface area contributed by atoms with Crippen LogP contribution in [0.2, 0.25) is 0 Å². The van der Waals surface area contributed by atoms with Crippen molar-refractivity contribution in [3.63, 3.8) is 0 Å². The van der Waals surface area contributed by atoms with Crippen LogP contribution in [0.15, 0.2) is 24.3 Å². The smallest absolute Gasteiger partial charge is 0.398 e. The number of aryl methyl sites for hydroxylation is 1. The third-order valence-corrected chi connectivity index (χ3v) is 2.47. The number of anilines is 1. The molecule has 84 valence electrons. The highest BCUT2D eigenvalue weighted by molar-refractivity contribution is 5.86. The first kappa shape index (κ1) is 10.7. The maximum atomic E-state index is 12.4. The lowest BCUT2D eigenvalue weighted by atomic mass is 10.1. The molecule has 2 N–H and O–H groups in total. The molecule has 0 atom stereocenters. The summed E-state index contributed by atoms with van der Waals surface area (Å²) in [5, 5.41) is 0.646. The van der Waals surface area contributed by atoms with Crippen LogP contribution in [-0.2, 0) is 6.18 Å². The number of rotatable bonds is 0. The number of nitrogens with two attached hydrogens (primary N) is 1. The highest BCUT2D eigenvalue weighted by atomic mass is 19.4. The van der Waals surface area contributed by atoms with Crippen LogP contribution in [0.5, 0.6) is 0 Å². The fourth-order valence-corrected chi connectivity index (χ4v) is 1.53. The first-order chi connectivity index (χ1) is 7.39. The summed E-state index contributed by atoms with van der Waals surface area (Å²) in [6, 6.07) is 5.42. The minimum atomic E-state index is -4.41. The first-order valence-corrected chi connectivity index (χ1v) is 4.62. The minimum Gasteiger partial charge on any atom is -0.398 e. The van der Waals surface area contributed by atoms with Crippen LogP contribution in [0.4, 0.5) is 18.9 Å². The third-order valence-electron chi connectivity index (χ3n) is 2.47. The lowest BCUT2D eigenvalue weighted by Crippen LogP contribution is -2.07. The summed E-state index contributed by atoms with van der Waals surface area (Å²) in [6.45, 7) is 1.76. The SMILES string of the molecule is Cc1c(N)ccc2nc(C(F)(F)F)ccc12. The van der Waals surface area contributed by atoms with Crippen molar-refractivity contribution in [2.75, 3.05) is 5.73 Å². The quantitative estimate of drug-likeness (QED) is 0.701. The Balaban J connectivity index is 2.70. The lowest BCUT2D eigenvalue weighted by Gasteiger charge is -2.09. The van der Waals surface area contributed by atoms with Crippen molar-refractivity contribution in [3.8, 4) is 0 Å². The van der Waals surface area contributed by atoms with Gasteiger partial charge in [0.1, 0.15) is 5.69 Å². The van der Waals surface area contributed by atoms with Crippen molar-refractivity contribution >= 4 is 16.6 Å². The molecule has 0 aliphatic carbocycles. The Hall–Kier alpha value is -1.78. The summed E-state index contributed by atoms with van der Waals surface area (Å²) in [7, 11) is 0. The molecule has 5 heteroatoms. The molecule has 1 aromatic carbocycles. The van der Waals surface area contributed by atoms with Crippen LogP contribution in [0.3, 0.4) is 0 Å². The summed E-state index contributed by atoms with van der Waals surface area (Å²) in [4.78, 5) is 3.57. The number of nitrogens with zero attached hydrogens (tertiary/aromatic N) is 1. The van der Waals surface area contributed by atoms with E-state index in [2.05, 4.69) is 4.98 Å². The zero-order chi connectivity index (χ0) is 11.9. The topological polar surface area (TPSA) is 38.9 Å². The van der Waals surface area contributed by atoms with E-state index in [1.54, 1.807) is 13.0 Å². The highest BCUT2D eigenvalue weighted by Crippen LogP contribution is 2.30. The maximum absolute atomic E-state index is 12.4. The van der Waals surface area contributed by atoms with Crippen molar-refractivity contribution in [2.24, 2.45) is 0 Å². The van der Waals surface area contributed by atoms with Crippen molar-refractivity contribution in [1.29, 1.82) is 0 Å². The van der Waals surface area contributed by atoms with Crippen LogP contribution >= 0.6 is 0 Å². The Labute approximate surface area is 89.9 Å². The maximum Gasteiger partial charge on any atom is 0.433 e. The fourth-order valence-electron chi connectivity index (χ4n) is 1.53. The van der Waals surface area contributed by atoms with Crippen LogP contribution in [0.25, 0.3) is 10.9 Å². The average molecular weight is 226 g/mol.